The number of hydrogen-bond donors (Lipinski definition) is 4. The molecule has 1 atom stereocenters. The number of nitrogens with zero attached hydrogens (tertiary/aromatic N) is 4. The average Bonchev–Trinajstić information content (AvgIpc) is 3.29. The Morgan fingerprint density at radius 2 is 1.74 bits per heavy atom. The van der Waals surface area contributed by atoms with E-state index < -0.39 is 0 Å². The summed E-state index contributed by atoms with van der Waals surface area (Å²) in [6, 6.07) is 11.3. The van der Waals surface area contributed by atoms with Gasteiger partial charge in [-0.3, -0.25) is 14.3 Å². The number of hydrogen-bond acceptors (Lipinski definition) is 7. The maximum absolute atomic E-state index is 12.8. The van der Waals surface area contributed by atoms with Gasteiger partial charge >= 0.3 is 0 Å². The number of nitrogens with one attached hydrogen (secondary N) is 2. The molecule has 1 unspecified atom stereocenters. The maximum Gasteiger partial charge on any atom is 0.289 e. The topological polar surface area (TPSA) is 116 Å². The Labute approximate surface area is 205 Å². The predicted octanol–water partition coefficient (Wildman–Crippen LogP) is 3.18. The van der Waals surface area contributed by atoms with E-state index in [-0.39, 0.29) is 35.2 Å². The van der Waals surface area contributed by atoms with E-state index in [0.717, 1.165) is 26.2 Å². The number of phenolic OH excluding ortho intramolecular Hbond substituents is 2. The van der Waals surface area contributed by atoms with Crippen LogP contribution in [0.25, 0.3) is 17.1 Å². The van der Waals surface area contributed by atoms with Gasteiger partial charge in [0.05, 0.1) is 5.56 Å². The molecule has 1 fully saturated rings. The van der Waals surface area contributed by atoms with Crippen LogP contribution in [0.15, 0.2) is 36.4 Å². The van der Waals surface area contributed by atoms with Crippen molar-refractivity contribution in [1.82, 2.24) is 30.3 Å². The van der Waals surface area contributed by atoms with Gasteiger partial charge in [-0.1, -0.05) is 26.0 Å². The molecule has 9 heteroatoms. The Bertz CT molecular complexity index is 1180. The molecular formula is C26H34N6O3. The highest BCUT2D eigenvalue weighted by molar-refractivity contribution is 5.92. The number of aromatic nitrogens is 3. The van der Waals surface area contributed by atoms with E-state index in [1.165, 1.54) is 11.6 Å². The van der Waals surface area contributed by atoms with Crippen LogP contribution in [0.4, 0.5) is 0 Å². The second-order valence-corrected chi connectivity index (χ2v) is 9.18. The summed E-state index contributed by atoms with van der Waals surface area (Å²) in [4.78, 5) is 15.3. The Morgan fingerprint density at radius 3 is 2.37 bits per heavy atom. The second-order valence-electron chi connectivity index (χ2n) is 9.18. The molecule has 0 aliphatic carbocycles. The zero-order chi connectivity index (χ0) is 25.1. The molecule has 2 aromatic carbocycles. The van der Waals surface area contributed by atoms with Gasteiger partial charge in [0.15, 0.2) is 5.82 Å². The highest BCUT2D eigenvalue weighted by Crippen LogP contribution is 2.38. The lowest BCUT2D eigenvalue weighted by molar-refractivity contribution is 0.0943. The summed E-state index contributed by atoms with van der Waals surface area (Å²) >= 11 is 0. The van der Waals surface area contributed by atoms with E-state index in [1.54, 1.807) is 10.6 Å². The van der Waals surface area contributed by atoms with Gasteiger partial charge in [-0.15, -0.1) is 10.2 Å². The van der Waals surface area contributed by atoms with Crippen molar-refractivity contribution in [3.05, 3.63) is 53.3 Å². The number of amides is 1. The lowest BCUT2D eigenvalue weighted by Crippen LogP contribution is -2.44. The van der Waals surface area contributed by atoms with Crippen molar-refractivity contribution in [3.8, 4) is 28.6 Å². The molecule has 1 aromatic heterocycles. The van der Waals surface area contributed by atoms with E-state index >= 15 is 0 Å². The van der Waals surface area contributed by atoms with Crippen LogP contribution in [0, 0.1) is 0 Å². The van der Waals surface area contributed by atoms with Crippen LogP contribution < -0.4 is 10.6 Å². The zero-order valence-electron chi connectivity index (χ0n) is 20.7. The Kier molecular flexibility index (Phi) is 7.37. The van der Waals surface area contributed by atoms with Gasteiger partial charge in [-0.05, 0) is 49.1 Å². The van der Waals surface area contributed by atoms with E-state index in [0.29, 0.717) is 29.2 Å². The van der Waals surface area contributed by atoms with Gasteiger partial charge in [0.2, 0.25) is 5.82 Å². The SMILES string of the molecule is CCNC(=O)c1nnc(-c2cc(C(C)C)c(O)cc2O)n1-c1ccc(C(C)N2CCNCC2)cc1. The van der Waals surface area contributed by atoms with E-state index in [2.05, 4.69) is 44.8 Å². The first-order valence-corrected chi connectivity index (χ1v) is 12.2. The van der Waals surface area contributed by atoms with E-state index in [9.17, 15) is 15.0 Å². The molecule has 0 saturated carbocycles. The molecule has 0 bridgehead atoms. The molecular weight excluding hydrogens is 444 g/mol. The minimum Gasteiger partial charge on any atom is -0.508 e. The van der Waals surface area contributed by atoms with Gasteiger partial charge in [0, 0.05) is 50.5 Å². The number of carbonyl (C=O) groups is 1. The fraction of sp³-hybridized carbons (Fsp3) is 0.423. The number of aromatic hydroxyl groups is 2. The minimum atomic E-state index is -0.355. The Hall–Kier alpha value is -3.43. The van der Waals surface area contributed by atoms with Crippen molar-refractivity contribution in [2.45, 2.75) is 39.7 Å². The molecule has 2 heterocycles. The van der Waals surface area contributed by atoms with Crippen molar-refractivity contribution < 1.29 is 15.0 Å². The molecule has 1 aliphatic rings. The summed E-state index contributed by atoms with van der Waals surface area (Å²) in [6.07, 6.45) is 0. The quantitative estimate of drug-likeness (QED) is 0.412. The highest BCUT2D eigenvalue weighted by atomic mass is 16.3. The molecule has 0 spiro atoms. The molecule has 1 aliphatic heterocycles. The number of piperazine rings is 1. The predicted molar refractivity (Wildman–Crippen MR) is 135 cm³/mol. The van der Waals surface area contributed by atoms with Crippen LogP contribution in [-0.2, 0) is 0 Å². The van der Waals surface area contributed by atoms with E-state index in [4.69, 9.17) is 0 Å². The molecule has 9 nitrogen and oxygen atoms in total. The first-order chi connectivity index (χ1) is 16.8. The minimum absolute atomic E-state index is 0.0162. The molecule has 0 radical (unpaired) electrons. The summed E-state index contributed by atoms with van der Waals surface area (Å²) < 4.78 is 1.65. The van der Waals surface area contributed by atoms with Crippen molar-refractivity contribution in [1.29, 1.82) is 0 Å². The monoisotopic (exact) mass is 478 g/mol. The molecule has 1 amide bonds. The van der Waals surface area contributed by atoms with Crippen molar-refractivity contribution >= 4 is 5.91 Å². The van der Waals surface area contributed by atoms with Crippen molar-refractivity contribution in [2.75, 3.05) is 32.7 Å². The van der Waals surface area contributed by atoms with Crippen LogP contribution >= 0.6 is 0 Å². The van der Waals surface area contributed by atoms with Gasteiger partial charge < -0.3 is 20.8 Å². The molecule has 35 heavy (non-hydrogen) atoms. The smallest absolute Gasteiger partial charge is 0.289 e. The fourth-order valence-electron chi connectivity index (χ4n) is 4.51. The van der Waals surface area contributed by atoms with Crippen molar-refractivity contribution in [2.24, 2.45) is 0 Å². The maximum atomic E-state index is 12.8. The lowest BCUT2D eigenvalue weighted by Gasteiger charge is -2.33. The van der Waals surface area contributed by atoms with Gasteiger partial charge in [0.1, 0.15) is 11.5 Å². The van der Waals surface area contributed by atoms with Crippen LogP contribution in [-0.4, -0.2) is 68.5 Å². The van der Waals surface area contributed by atoms with Crippen LogP contribution in [0.3, 0.4) is 0 Å². The van der Waals surface area contributed by atoms with Crippen molar-refractivity contribution in [3.63, 3.8) is 0 Å². The lowest BCUT2D eigenvalue weighted by atomic mass is 9.98. The molecule has 3 aromatic rings. The standard InChI is InChI=1S/C26H34N6O3/c1-5-28-26(35)25-30-29-24(21-14-20(16(2)3)22(33)15-23(21)34)32(25)19-8-6-18(7-9-19)17(4)31-12-10-27-11-13-31/h6-9,14-17,27,33-34H,5,10-13H2,1-4H3,(H,28,35). The van der Waals surface area contributed by atoms with Gasteiger partial charge in [-0.2, -0.15) is 0 Å². The zero-order valence-corrected chi connectivity index (χ0v) is 20.7. The molecule has 1 saturated heterocycles. The van der Waals surface area contributed by atoms with Gasteiger partial charge in [0.25, 0.3) is 5.91 Å². The summed E-state index contributed by atoms with van der Waals surface area (Å²) in [5.74, 6) is 0.0116. The van der Waals surface area contributed by atoms with E-state index in [1.807, 2.05) is 32.9 Å². The number of carbonyl (C=O) groups excluding carboxylic acids is 1. The Morgan fingerprint density at radius 1 is 1.06 bits per heavy atom. The Balaban J connectivity index is 1.79. The summed E-state index contributed by atoms with van der Waals surface area (Å²) in [5.41, 5.74) is 2.96. The van der Waals surface area contributed by atoms with Gasteiger partial charge in [-0.25, -0.2) is 0 Å². The second kappa shape index (κ2) is 10.5. The first-order valence-electron chi connectivity index (χ1n) is 12.2. The summed E-state index contributed by atoms with van der Waals surface area (Å²) in [5, 5.41) is 35.6. The highest BCUT2D eigenvalue weighted by Gasteiger charge is 2.25. The van der Waals surface area contributed by atoms with Crippen LogP contribution in [0.5, 0.6) is 11.5 Å². The summed E-state index contributed by atoms with van der Waals surface area (Å²) in [7, 11) is 0. The largest absolute Gasteiger partial charge is 0.508 e. The molecule has 4 rings (SSSR count). The fourth-order valence-corrected chi connectivity index (χ4v) is 4.51. The number of phenols is 2. The van der Waals surface area contributed by atoms with Crippen LogP contribution in [0.1, 0.15) is 61.4 Å². The third-order valence-corrected chi connectivity index (χ3v) is 6.54. The molecule has 186 valence electrons. The number of rotatable bonds is 7. The third kappa shape index (κ3) is 5.01. The molecule has 4 N–H and O–H groups in total. The average molecular weight is 479 g/mol. The number of benzene rings is 2. The normalized spacial score (nSPS) is 15.3. The first kappa shape index (κ1) is 24.7. The van der Waals surface area contributed by atoms with Crippen LogP contribution in [0.2, 0.25) is 0 Å². The summed E-state index contributed by atoms with van der Waals surface area (Å²) in [6.45, 7) is 12.4. The third-order valence-electron chi connectivity index (χ3n) is 6.54.